The highest BCUT2D eigenvalue weighted by Crippen LogP contribution is 2.16. The first-order valence-electron chi connectivity index (χ1n) is 8.73. The van der Waals surface area contributed by atoms with Crippen molar-refractivity contribution >= 4 is 33.3 Å². The molecule has 0 atom stereocenters. The van der Waals surface area contributed by atoms with Crippen molar-refractivity contribution in [1.29, 1.82) is 0 Å². The summed E-state index contributed by atoms with van der Waals surface area (Å²) in [5.41, 5.74) is -0.397. The Morgan fingerprint density at radius 1 is 1.03 bits per heavy atom. The standard InChI is InChI=1S/C19H21N3O7S/c1-19(2,3)21-30(27,28)16-10-4-13(5-11-16)18(24)29-12-17(23)20-14-6-8-15(9-7-14)22(25)26/h4-11,21H,12H2,1-3H3,(H,20,23). The van der Waals surface area contributed by atoms with E-state index in [2.05, 4.69) is 10.0 Å². The van der Waals surface area contributed by atoms with Gasteiger partial charge in [0.05, 0.1) is 15.4 Å². The number of carbonyl (C=O) groups is 2. The average Bonchev–Trinajstić information content (AvgIpc) is 2.65. The van der Waals surface area contributed by atoms with Crippen molar-refractivity contribution in [1.82, 2.24) is 4.72 Å². The summed E-state index contributed by atoms with van der Waals surface area (Å²) in [4.78, 5) is 34.0. The first kappa shape index (κ1) is 23.0. The van der Waals surface area contributed by atoms with Gasteiger partial charge in [0.25, 0.3) is 11.6 Å². The zero-order chi connectivity index (χ0) is 22.5. The molecule has 0 radical (unpaired) electrons. The Morgan fingerprint density at radius 3 is 2.10 bits per heavy atom. The number of nitrogens with one attached hydrogen (secondary N) is 2. The molecule has 10 nitrogen and oxygen atoms in total. The minimum Gasteiger partial charge on any atom is -0.452 e. The predicted molar refractivity (Wildman–Crippen MR) is 109 cm³/mol. The number of nitro groups is 1. The number of carbonyl (C=O) groups excluding carboxylic acids is 2. The molecule has 0 aliphatic heterocycles. The molecular weight excluding hydrogens is 414 g/mol. The number of sulfonamides is 1. The summed E-state index contributed by atoms with van der Waals surface area (Å²) in [6.45, 7) is 4.54. The minimum atomic E-state index is -3.74. The lowest BCUT2D eigenvalue weighted by Crippen LogP contribution is -2.40. The molecule has 2 rings (SSSR count). The topological polar surface area (TPSA) is 145 Å². The van der Waals surface area contributed by atoms with Gasteiger partial charge in [0.15, 0.2) is 6.61 Å². The Labute approximate surface area is 173 Å². The molecule has 2 aromatic rings. The number of anilines is 1. The number of non-ortho nitro benzene ring substituents is 1. The van der Waals surface area contributed by atoms with Crippen LogP contribution < -0.4 is 10.0 Å². The van der Waals surface area contributed by atoms with Crippen LogP contribution in [-0.2, 0) is 19.6 Å². The maximum absolute atomic E-state index is 12.3. The largest absolute Gasteiger partial charge is 0.452 e. The summed E-state index contributed by atoms with van der Waals surface area (Å²) in [6, 6.07) is 10.3. The second-order valence-electron chi connectivity index (χ2n) is 7.31. The summed E-state index contributed by atoms with van der Waals surface area (Å²) in [5.74, 6) is -1.44. The van der Waals surface area contributed by atoms with Crippen molar-refractivity contribution < 1.29 is 27.7 Å². The number of ether oxygens (including phenoxy) is 1. The molecule has 1 amide bonds. The number of nitrogens with zero attached hydrogens (tertiary/aromatic N) is 1. The van der Waals surface area contributed by atoms with E-state index in [-0.39, 0.29) is 16.1 Å². The van der Waals surface area contributed by atoms with E-state index in [1.807, 2.05) is 0 Å². The van der Waals surface area contributed by atoms with E-state index in [1.54, 1.807) is 20.8 Å². The van der Waals surface area contributed by atoms with E-state index in [9.17, 15) is 28.1 Å². The van der Waals surface area contributed by atoms with E-state index in [4.69, 9.17) is 4.74 Å². The molecule has 0 aliphatic rings. The monoisotopic (exact) mass is 435 g/mol. The molecule has 160 valence electrons. The Bertz CT molecular complexity index is 1040. The summed E-state index contributed by atoms with van der Waals surface area (Å²) in [7, 11) is -3.74. The molecule has 0 aliphatic carbocycles. The zero-order valence-electron chi connectivity index (χ0n) is 16.5. The highest BCUT2D eigenvalue weighted by Gasteiger charge is 2.22. The summed E-state index contributed by atoms with van der Waals surface area (Å²) >= 11 is 0. The van der Waals surface area contributed by atoms with Gasteiger partial charge < -0.3 is 10.1 Å². The van der Waals surface area contributed by atoms with E-state index in [0.717, 1.165) is 0 Å². The van der Waals surface area contributed by atoms with Crippen molar-refractivity contribution in [3.63, 3.8) is 0 Å². The molecule has 0 fully saturated rings. The third kappa shape index (κ3) is 6.64. The van der Waals surface area contributed by atoms with Crippen LogP contribution in [-0.4, -0.2) is 37.4 Å². The molecular formula is C19H21N3O7S. The Morgan fingerprint density at radius 2 is 1.60 bits per heavy atom. The molecule has 0 unspecified atom stereocenters. The van der Waals surface area contributed by atoms with Gasteiger partial charge in [0, 0.05) is 23.4 Å². The van der Waals surface area contributed by atoms with Gasteiger partial charge in [-0.1, -0.05) is 0 Å². The number of hydrogen-bond donors (Lipinski definition) is 2. The number of esters is 1. The van der Waals surface area contributed by atoms with E-state index < -0.39 is 39.0 Å². The SMILES string of the molecule is CC(C)(C)NS(=O)(=O)c1ccc(C(=O)OCC(=O)Nc2ccc([N+](=O)[O-])cc2)cc1. The van der Waals surface area contributed by atoms with E-state index in [0.29, 0.717) is 5.69 Å². The Balaban J connectivity index is 1.93. The zero-order valence-corrected chi connectivity index (χ0v) is 17.4. The second kappa shape index (κ2) is 9.01. The van der Waals surface area contributed by atoms with Crippen LogP contribution in [0.25, 0.3) is 0 Å². The quantitative estimate of drug-likeness (QED) is 0.386. The van der Waals surface area contributed by atoms with E-state index in [1.165, 1.54) is 48.5 Å². The van der Waals surface area contributed by atoms with Crippen LogP contribution in [0.15, 0.2) is 53.4 Å². The number of hydrogen-bond acceptors (Lipinski definition) is 7. The van der Waals surface area contributed by atoms with Crippen molar-refractivity contribution in [3.8, 4) is 0 Å². The van der Waals surface area contributed by atoms with Gasteiger partial charge in [0.2, 0.25) is 10.0 Å². The second-order valence-corrected chi connectivity index (χ2v) is 8.99. The summed E-state index contributed by atoms with van der Waals surface area (Å²) in [6.07, 6.45) is 0. The smallest absolute Gasteiger partial charge is 0.338 e. The van der Waals surface area contributed by atoms with Crippen molar-refractivity contribution in [3.05, 3.63) is 64.2 Å². The molecule has 0 saturated carbocycles. The molecule has 2 aromatic carbocycles. The summed E-state index contributed by atoms with van der Waals surface area (Å²) in [5, 5.41) is 13.0. The van der Waals surface area contributed by atoms with Gasteiger partial charge in [-0.3, -0.25) is 14.9 Å². The normalized spacial score (nSPS) is 11.6. The molecule has 0 saturated heterocycles. The fraction of sp³-hybridized carbons (Fsp3) is 0.263. The van der Waals surface area contributed by atoms with Gasteiger partial charge in [-0.05, 0) is 57.2 Å². The molecule has 0 heterocycles. The van der Waals surface area contributed by atoms with Gasteiger partial charge in [0.1, 0.15) is 0 Å². The highest BCUT2D eigenvalue weighted by molar-refractivity contribution is 7.89. The molecule has 30 heavy (non-hydrogen) atoms. The molecule has 0 spiro atoms. The highest BCUT2D eigenvalue weighted by atomic mass is 32.2. The van der Waals surface area contributed by atoms with Gasteiger partial charge >= 0.3 is 5.97 Å². The molecule has 2 N–H and O–H groups in total. The first-order valence-corrected chi connectivity index (χ1v) is 10.2. The third-order valence-electron chi connectivity index (χ3n) is 3.54. The number of benzene rings is 2. The lowest BCUT2D eigenvalue weighted by molar-refractivity contribution is -0.384. The Kier molecular flexibility index (Phi) is 6.90. The van der Waals surface area contributed by atoms with Crippen molar-refractivity contribution in [2.45, 2.75) is 31.2 Å². The van der Waals surface area contributed by atoms with Gasteiger partial charge in [-0.2, -0.15) is 0 Å². The van der Waals surface area contributed by atoms with Crippen LogP contribution in [0.3, 0.4) is 0 Å². The van der Waals surface area contributed by atoms with Crippen LogP contribution in [0.2, 0.25) is 0 Å². The maximum Gasteiger partial charge on any atom is 0.338 e. The lowest BCUT2D eigenvalue weighted by Gasteiger charge is -2.20. The molecule has 11 heteroatoms. The average molecular weight is 435 g/mol. The van der Waals surface area contributed by atoms with E-state index >= 15 is 0 Å². The molecule has 0 aromatic heterocycles. The van der Waals surface area contributed by atoms with Gasteiger partial charge in [-0.15, -0.1) is 0 Å². The minimum absolute atomic E-state index is 0.00936. The van der Waals surface area contributed by atoms with Crippen LogP contribution in [0.4, 0.5) is 11.4 Å². The molecule has 0 bridgehead atoms. The predicted octanol–water partition coefficient (Wildman–Crippen LogP) is 2.47. The first-order chi connectivity index (χ1) is 13.9. The lowest BCUT2D eigenvalue weighted by atomic mass is 10.1. The Hall–Kier alpha value is -3.31. The fourth-order valence-electron chi connectivity index (χ4n) is 2.31. The maximum atomic E-state index is 12.3. The van der Waals surface area contributed by atoms with Crippen LogP contribution >= 0.6 is 0 Å². The van der Waals surface area contributed by atoms with Crippen LogP contribution in [0, 0.1) is 10.1 Å². The third-order valence-corrected chi connectivity index (χ3v) is 5.31. The van der Waals surface area contributed by atoms with Gasteiger partial charge in [-0.25, -0.2) is 17.9 Å². The van der Waals surface area contributed by atoms with Crippen LogP contribution in [0.1, 0.15) is 31.1 Å². The number of rotatable bonds is 7. The van der Waals surface area contributed by atoms with Crippen molar-refractivity contribution in [2.24, 2.45) is 0 Å². The number of amides is 1. The van der Waals surface area contributed by atoms with Crippen molar-refractivity contribution in [2.75, 3.05) is 11.9 Å². The number of nitro benzene ring substituents is 1. The fourth-order valence-corrected chi connectivity index (χ4v) is 3.73. The van der Waals surface area contributed by atoms with Crippen LogP contribution in [0.5, 0.6) is 0 Å². The summed E-state index contributed by atoms with van der Waals surface area (Å²) < 4.78 is 31.9.